The van der Waals surface area contributed by atoms with Gasteiger partial charge >= 0.3 is 6.09 Å². The van der Waals surface area contributed by atoms with Crippen molar-refractivity contribution in [3.8, 4) is 0 Å². The number of carbonyl (C=O) groups is 3. The van der Waals surface area contributed by atoms with Crippen LogP contribution in [0, 0.1) is 5.92 Å². The molecule has 4 rings (SSSR count). The number of hydrogen-bond acceptors (Lipinski definition) is 4. The number of ether oxygens (including phenoxy) is 1. The molecular formula is C19H23N3O4. The minimum atomic E-state index is -0.417. The zero-order valence-corrected chi connectivity index (χ0v) is 14.9. The van der Waals surface area contributed by atoms with E-state index in [2.05, 4.69) is 5.32 Å². The second-order valence-corrected chi connectivity index (χ2v) is 7.21. The molecule has 2 heterocycles. The van der Waals surface area contributed by atoms with Gasteiger partial charge in [0.15, 0.2) is 0 Å². The molecular weight excluding hydrogens is 334 g/mol. The summed E-state index contributed by atoms with van der Waals surface area (Å²) in [6.07, 6.45) is 2.41. The molecule has 0 bridgehead atoms. The maximum atomic E-state index is 12.3. The lowest BCUT2D eigenvalue weighted by Crippen LogP contribution is -2.34. The lowest BCUT2D eigenvalue weighted by Gasteiger charge is -2.18. The monoisotopic (exact) mass is 357 g/mol. The Labute approximate surface area is 152 Å². The number of fused-ring (bicyclic) bond motifs is 1. The predicted octanol–water partition coefficient (Wildman–Crippen LogP) is 1.84. The van der Waals surface area contributed by atoms with E-state index < -0.39 is 6.09 Å². The predicted molar refractivity (Wildman–Crippen MR) is 96.1 cm³/mol. The summed E-state index contributed by atoms with van der Waals surface area (Å²) in [6.45, 7) is 3.28. The van der Waals surface area contributed by atoms with E-state index in [1.54, 1.807) is 11.8 Å². The Morgan fingerprint density at radius 1 is 1.31 bits per heavy atom. The summed E-state index contributed by atoms with van der Waals surface area (Å²) in [5, 5.41) is 2.75. The van der Waals surface area contributed by atoms with Crippen molar-refractivity contribution >= 4 is 29.3 Å². The van der Waals surface area contributed by atoms with Crippen molar-refractivity contribution in [1.29, 1.82) is 0 Å². The fourth-order valence-corrected chi connectivity index (χ4v) is 3.49. The fourth-order valence-electron chi connectivity index (χ4n) is 3.49. The maximum Gasteiger partial charge on any atom is 0.414 e. The first kappa shape index (κ1) is 16.9. The Bertz CT molecular complexity index is 759. The summed E-state index contributed by atoms with van der Waals surface area (Å²) in [5.41, 5.74) is 2.66. The summed E-state index contributed by atoms with van der Waals surface area (Å²) >= 11 is 0. The Hall–Kier alpha value is -2.57. The third-order valence-electron chi connectivity index (χ3n) is 5.17. The number of hydrogen-bond donors (Lipinski definition) is 1. The van der Waals surface area contributed by atoms with Crippen molar-refractivity contribution in [3.63, 3.8) is 0 Å². The van der Waals surface area contributed by atoms with E-state index in [-0.39, 0.29) is 17.9 Å². The Morgan fingerprint density at radius 3 is 2.85 bits per heavy atom. The topological polar surface area (TPSA) is 79.0 Å². The molecule has 1 aromatic carbocycles. The minimum absolute atomic E-state index is 0.0636. The molecule has 3 amide bonds. The van der Waals surface area contributed by atoms with Crippen LogP contribution in [0.15, 0.2) is 18.2 Å². The molecule has 7 nitrogen and oxygen atoms in total. The molecule has 3 aliphatic rings. The van der Waals surface area contributed by atoms with E-state index in [1.807, 2.05) is 23.1 Å². The van der Waals surface area contributed by atoms with Gasteiger partial charge in [0.05, 0.1) is 19.5 Å². The number of carbonyl (C=O) groups excluding carboxylic acids is 3. The van der Waals surface area contributed by atoms with E-state index in [1.165, 1.54) is 12.8 Å². The van der Waals surface area contributed by atoms with E-state index >= 15 is 0 Å². The second kappa shape index (κ2) is 6.63. The molecule has 2 fully saturated rings. The lowest BCUT2D eigenvalue weighted by atomic mass is 10.1. The van der Waals surface area contributed by atoms with Crippen LogP contribution in [0.25, 0.3) is 0 Å². The second-order valence-electron chi connectivity index (χ2n) is 7.21. The van der Waals surface area contributed by atoms with Gasteiger partial charge in [-0.25, -0.2) is 4.79 Å². The number of nitrogens with zero attached hydrogens (tertiary/aromatic N) is 2. The van der Waals surface area contributed by atoms with Crippen molar-refractivity contribution < 1.29 is 19.1 Å². The van der Waals surface area contributed by atoms with E-state index in [0.717, 1.165) is 23.5 Å². The van der Waals surface area contributed by atoms with Gasteiger partial charge in [-0.15, -0.1) is 0 Å². The first-order valence-electron chi connectivity index (χ1n) is 9.23. The molecule has 26 heavy (non-hydrogen) atoms. The molecule has 1 unspecified atom stereocenters. The lowest BCUT2D eigenvalue weighted by molar-refractivity contribution is -0.121. The van der Waals surface area contributed by atoms with Gasteiger partial charge in [-0.2, -0.15) is 0 Å². The number of nitrogens with one attached hydrogen (secondary N) is 1. The van der Waals surface area contributed by atoms with Crippen LogP contribution in [0.3, 0.4) is 0 Å². The largest absolute Gasteiger partial charge is 0.442 e. The normalized spacial score (nSPS) is 21.8. The number of anilines is 2. The summed E-state index contributed by atoms with van der Waals surface area (Å²) in [7, 11) is 0. The number of rotatable bonds is 6. The Kier molecular flexibility index (Phi) is 4.30. The number of benzene rings is 1. The van der Waals surface area contributed by atoms with Gasteiger partial charge in [0, 0.05) is 24.3 Å². The first-order chi connectivity index (χ1) is 12.5. The van der Waals surface area contributed by atoms with Crippen LogP contribution in [0.1, 0.15) is 31.7 Å². The average molecular weight is 357 g/mol. The van der Waals surface area contributed by atoms with Gasteiger partial charge in [0.2, 0.25) is 11.8 Å². The molecule has 2 aliphatic heterocycles. The molecule has 1 saturated carbocycles. The Morgan fingerprint density at radius 2 is 2.12 bits per heavy atom. The quantitative estimate of drug-likeness (QED) is 0.843. The van der Waals surface area contributed by atoms with E-state index in [0.29, 0.717) is 31.8 Å². The number of amides is 3. The fraction of sp³-hybridized carbons (Fsp3) is 0.526. The van der Waals surface area contributed by atoms with E-state index in [9.17, 15) is 14.4 Å². The van der Waals surface area contributed by atoms with Crippen LogP contribution < -0.4 is 15.1 Å². The molecule has 1 N–H and O–H groups in total. The van der Waals surface area contributed by atoms with Gasteiger partial charge < -0.3 is 15.0 Å². The third kappa shape index (κ3) is 3.25. The van der Waals surface area contributed by atoms with Crippen LogP contribution >= 0.6 is 0 Å². The third-order valence-corrected chi connectivity index (χ3v) is 5.17. The van der Waals surface area contributed by atoms with Gasteiger partial charge in [-0.05, 0) is 42.5 Å². The van der Waals surface area contributed by atoms with Crippen LogP contribution in [0.2, 0.25) is 0 Å². The van der Waals surface area contributed by atoms with Crippen molar-refractivity contribution in [3.05, 3.63) is 23.8 Å². The highest BCUT2D eigenvalue weighted by atomic mass is 16.6. The summed E-state index contributed by atoms with van der Waals surface area (Å²) in [6, 6.07) is 5.71. The highest BCUT2D eigenvalue weighted by molar-refractivity contribution is 6.02. The highest BCUT2D eigenvalue weighted by Crippen LogP contribution is 2.37. The van der Waals surface area contributed by atoms with Gasteiger partial charge in [0.1, 0.15) is 6.10 Å². The molecule has 7 heteroatoms. The summed E-state index contributed by atoms with van der Waals surface area (Å²) in [4.78, 5) is 39.3. The molecule has 138 valence electrons. The summed E-state index contributed by atoms with van der Waals surface area (Å²) < 4.78 is 5.34. The molecule has 0 spiro atoms. The van der Waals surface area contributed by atoms with Crippen LogP contribution in [-0.4, -0.2) is 43.6 Å². The molecule has 1 aliphatic carbocycles. The molecule has 0 radical (unpaired) electrons. The van der Waals surface area contributed by atoms with Gasteiger partial charge in [0.25, 0.3) is 0 Å². The zero-order chi connectivity index (χ0) is 18.3. The SMILES string of the molecule is CCC(=O)NCC1CN(c2ccc3c(c2)CC(=O)N3CC2CC2)C(=O)O1. The zero-order valence-electron chi connectivity index (χ0n) is 14.9. The number of cyclic esters (lactones) is 1. The van der Waals surface area contributed by atoms with Crippen LogP contribution in [-0.2, 0) is 20.7 Å². The molecule has 1 atom stereocenters. The standard InChI is InChI=1S/C19H23N3O4/c1-2-17(23)20-9-15-11-21(19(25)26-15)14-5-6-16-13(7-14)8-18(24)22(16)10-12-3-4-12/h5-7,12,15H,2-4,8-11H2,1H3,(H,20,23). The van der Waals surface area contributed by atoms with Crippen LogP contribution in [0.5, 0.6) is 0 Å². The van der Waals surface area contributed by atoms with Gasteiger partial charge in [-0.3, -0.25) is 14.5 Å². The molecule has 1 saturated heterocycles. The molecule has 0 aromatic heterocycles. The average Bonchev–Trinajstić information content (AvgIpc) is 3.30. The summed E-state index contributed by atoms with van der Waals surface area (Å²) in [5.74, 6) is 0.705. The maximum absolute atomic E-state index is 12.3. The Balaban J connectivity index is 1.45. The van der Waals surface area contributed by atoms with Crippen LogP contribution in [0.4, 0.5) is 16.2 Å². The minimum Gasteiger partial charge on any atom is -0.442 e. The van der Waals surface area contributed by atoms with Gasteiger partial charge in [-0.1, -0.05) is 6.92 Å². The van der Waals surface area contributed by atoms with Crippen molar-refractivity contribution in [2.45, 2.75) is 38.7 Å². The van der Waals surface area contributed by atoms with Crippen molar-refractivity contribution in [2.75, 3.05) is 29.4 Å². The van der Waals surface area contributed by atoms with Crippen molar-refractivity contribution in [2.24, 2.45) is 5.92 Å². The highest BCUT2D eigenvalue weighted by Gasteiger charge is 2.36. The van der Waals surface area contributed by atoms with Crippen molar-refractivity contribution in [1.82, 2.24) is 5.32 Å². The first-order valence-corrected chi connectivity index (χ1v) is 9.23. The molecule has 1 aromatic rings. The smallest absolute Gasteiger partial charge is 0.414 e. The van der Waals surface area contributed by atoms with E-state index in [4.69, 9.17) is 4.74 Å².